The molecule has 0 N–H and O–H groups in total. The van der Waals surface area contributed by atoms with Crippen LogP contribution in [0.25, 0.3) is 11.2 Å². The molecule has 0 aliphatic rings. The Morgan fingerprint density at radius 2 is 1.93 bits per heavy atom. The van der Waals surface area contributed by atoms with Crippen molar-refractivity contribution in [2.24, 2.45) is 7.05 Å². The second kappa shape index (κ2) is 3.01. The van der Waals surface area contributed by atoms with E-state index in [9.17, 15) is 0 Å². The molecule has 2 aromatic rings. The molecule has 14 heavy (non-hydrogen) atoms. The molecule has 0 aliphatic heterocycles. The highest BCUT2D eigenvalue weighted by atomic mass is 15.4. The molecule has 0 spiro atoms. The molecule has 0 aliphatic carbocycles. The Balaban J connectivity index is 2.82. The van der Waals surface area contributed by atoms with Gasteiger partial charge >= 0.3 is 0 Å². The zero-order valence-electron chi connectivity index (χ0n) is 8.81. The Kier molecular flexibility index (Phi) is 1.94. The minimum Gasteiger partial charge on any atom is -0.235 e. The maximum absolute atomic E-state index is 4.39. The van der Waals surface area contributed by atoms with E-state index in [-0.39, 0.29) is 0 Å². The first-order chi connectivity index (χ1) is 6.59. The summed E-state index contributed by atoms with van der Waals surface area (Å²) in [5.74, 6) is 1.11. The van der Waals surface area contributed by atoms with E-state index in [0.29, 0.717) is 5.92 Å². The van der Waals surface area contributed by atoms with Gasteiger partial charge in [-0.15, -0.1) is 5.10 Å². The number of rotatable bonds is 1. The molecule has 0 amide bonds. The summed E-state index contributed by atoms with van der Waals surface area (Å²) in [6.07, 6.45) is 0. The van der Waals surface area contributed by atoms with Crippen molar-refractivity contribution in [1.29, 1.82) is 0 Å². The Morgan fingerprint density at radius 3 is 2.57 bits per heavy atom. The molecule has 0 aromatic carbocycles. The van der Waals surface area contributed by atoms with Crippen LogP contribution in [0.3, 0.4) is 0 Å². The first-order valence-electron chi connectivity index (χ1n) is 4.63. The van der Waals surface area contributed by atoms with Gasteiger partial charge in [0.15, 0.2) is 11.2 Å². The average Bonchev–Trinajstić information content (AvgIpc) is 2.47. The topological polar surface area (TPSA) is 56.5 Å². The summed E-state index contributed by atoms with van der Waals surface area (Å²) in [5, 5.41) is 8.01. The minimum atomic E-state index is 0.343. The molecule has 0 radical (unpaired) electrons. The molecule has 5 nitrogen and oxygen atoms in total. The fourth-order valence-electron chi connectivity index (χ4n) is 1.45. The Bertz CT molecular complexity index is 471. The normalized spacial score (nSPS) is 11.5. The zero-order chi connectivity index (χ0) is 10.3. The highest BCUT2D eigenvalue weighted by Crippen LogP contribution is 2.19. The third-order valence-corrected chi connectivity index (χ3v) is 2.14. The molecule has 0 atom stereocenters. The highest BCUT2D eigenvalue weighted by molar-refractivity contribution is 5.72. The van der Waals surface area contributed by atoms with Crippen LogP contribution >= 0.6 is 0 Å². The van der Waals surface area contributed by atoms with Gasteiger partial charge in [-0.25, -0.2) is 14.6 Å². The van der Waals surface area contributed by atoms with Crippen molar-refractivity contribution in [2.45, 2.75) is 26.7 Å². The molecule has 0 fully saturated rings. The van der Waals surface area contributed by atoms with Crippen LogP contribution in [0.4, 0.5) is 0 Å². The van der Waals surface area contributed by atoms with Gasteiger partial charge in [0.05, 0.1) is 5.69 Å². The van der Waals surface area contributed by atoms with Crippen LogP contribution in [0.2, 0.25) is 0 Å². The molecule has 2 heterocycles. The number of aryl methyl sites for hydroxylation is 2. The van der Waals surface area contributed by atoms with Gasteiger partial charge in [-0.1, -0.05) is 19.1 Å². The number of hydrogen-bond acceptors (Lipinski definition) is 4. The standard InChI is InChI=1S/C9H13N5/c1-5(2)7-8-9(11-6(3)10-7)14(4)13-12-8/h5H,1-4H3. The predicted molar refractivity (Wildman–Crippen MR) is 52.9 cm³/mol. The van der Waals surface area contributed by atoms with Crippen molar-refractivity contribution in [3.63, 3.8) is 0 Å². The van der Waals surface area contributed by atoms with Crippen LogP contribution in [0.15, 0.2) is 0 Å². The van der Waals surface area contributed by atoms with Crippen molar-refractivity contribution in [1.82, 2.24) is 25.0 Å². The molecule has 5 heteroatoms. The van der Waals surface area contributed by atoms with Crippen molar-refractivity contribution < 1.29 is 0 Å². The van der Waals surface area contributed by atoms with Crippen LogP contribution < -0.4 is 0 Å². The minimum absolute atomic E-state index is 0.343. The van der Waals surface area contributed by atoms with Crippen LogP contribution in [0, 0.1) is 6.92 Å². The van der Waals surface area contributed by atoms with E-state index in [1.807, 2.05) is 14.0 Å². The Morgan fingerprint density at radius 1 is 1.21 bits per heavy atom. The smallest absolute Gasteiger partial charge is 0.181 e. The van der Waals surface area contributed by atoms with Crippen LogP contribution in [-0.2, 0) is 7.05 Å². The SMILES string of the molecule is Cc1nc(C(C)C)c2nnn(C)c2n1. The van der Waals surface area contributed by atoms with E-state index in [0.717, 1.165) is 22.7 Å². The highest BCUT2D eigenvalue weighted by Gasteiger charge is 2.13. The molecule has 0 bridgehead atoms. The molecule has 0 saturated heterocycles. The summed E-state index contributed by atoms with van der Waals surface area (Å²) >= 11 is 0. The number of nitrogens with zero attached hydrogens (tertiary/aromatic N) is 5. The van der Waals surface area contributed by atoms with Gasteiger partial charge in [0.25, 0.3) is 0 Å². The lowest BCUT2D eigenvalue weighted by Gasteiger charge is -2.05. The summed E-state index contributed by atoms with van der Waals surface area (Å²) in [6.45, 7) is 6.07. The van der Waals surface area contributed by atoms with Gasteiger partial charge in [0, 0.05) is 7.05 Å². The van der Waals surface area contributed by atoms with E-state index in [1.54, 1.807) is 4.68 Å². The van der Waals surface area contributed by atoms with Crippen molar-refractivity contribution >= 4 is 11.2 Å². The maximum Gasteiger partial charge on any atom is 0.181 e. The van der Waals surface area contributed by atoms with E-state index >= 15 is 0 Å². The lowest BCUT2D eigenvalue weighted by atomic mass is 10.1. The molecular formula is C9H13N5. The van der Waals surface area contributed by atoms with Gasteiger partial charge in [-0.2, -0.15) is 0 Å². The zero-order valence-corrected chi connectivity index (χ0v) is 8.81. The summed E-state index contributed by atoms with van der Waals surface area (Å²) < 4.78 is 1.68. The van der Waals surface area contributed by atoms with E-state index in [2.05, 4.69) is 34.1 Å². The maximum atomic E-state index is 4.39. The summed E-state index contributed by atoms with van der Waals surface area (Å²) in [7, 11) is 1.84. The van der Waals surface area contributed by atoms with Crippen LogP contribution in [0.5, 0.6) is 0 Å². The number of fused-ring (bicyclic) bond motifs is 1. The summed E-state index contributed by atoms with van der Waals surface area (Å²) in [6, 6.07) is 0. The Labute approximate surface area is 82.2 Å². The average molecular weight is 191 g/mol. The molecule has 74 valence electrons. The fraction of sp³-hybridized carbons (Fsp3) is 0.556. The van der Waals surface area contributed by atoms with E-state index in [1.165, 1.54) is 0 Å². The van der Waals surface area contributed by atoms with Crippen molar-refractivity contribution in [3.8, 4) is 0 Å². The van der Waals surface area contributed by atoms with Crippen molar-refractivity contribution in [3.05, 3.63) is 11.5 Å². The number of hydrogen-bond donors (Lipinski definition) is 0. The molecular weight excluding hydrogens is 178 g/mol. The van der Waals surface area contributed by atoms with E-state index in [4.69, 9.17) is 0 Å². The monoisotopic (exact) mass is 191 g/mol. The van der Waals surface area contributed by atoms with Gasteiger partial charge in [0.1, 0.15) is 5.82 Å². The van der Waals surface area contributed by atoms with Gasteiger partial charge in [0.2, 0.25) is 0 Å². The van der Waals surface area contributed by atoms with Crippen molar-refractivity contribution in [2.75, 3.05) is 0 Å². The third kappa shape index (κ3) is 1.25. The Hall–Kier alpha value is -1.52. The third-order valence-electron chi connectivity index (χ3n) is 2.14. The number of aromatic nitrogens is 5. The fourth-order valence-corrected chi connectivity index (χ4v) is 1.45. The van der Waals surface area contributed by atoms with E-state index < -0.39 is 0 Å². The molecule has 0 unspecified atom stereocenters. The van der Waals surface area contributed by atoms with Gasteiger partial charge in [-0.3, -0.25) is 0 Å². The van der Waals surface area contributed by atoms with Gasteiger partial charge in [-0.05, 0) is 12.8 Å². The second-order valence-electron chi connectivity index (χ2n) is 3.70. The first-order valence-corrected chi connectivity index (χ1v) is 4.63. The van der Waals surface area contributed by atoms with Crippen LogP contribution in [-0.4, -0.2) is 25.0 Å². The lowest BCUT2D eigenvalue weighted by molar-refractivity contribution is 0.728. The van der Waals surface area contributed by atoms with Crippen LogP contribution in [0.1, 0.15) is 31.3 Å². The first kappa shape index (κ1) is 9.05. The largest absolute Gasteiger partial charge is 0.235 e. The predicted octanol–water partition coefficient (Wildman–Crippen LogP) is 1.19. The summed E-state index contributed by atoms with van der Waals surface area (Å²) in [4.78, 5) is 8.69. The molecule has 2 rings (SSSR count). The second-order valence-corrected chi connectivity index (χ2v) is 3.70. The molecule has 2 aromatic heterocycles. The summed E-state index contributed by atoms with van der Waals surface area (Å²) in [5.41, 5.74) is 2.59. The van der Waals surface area contributed by atoms with Gasteiger partial charge < -0.3 is 0 Å². The quantitative estimate of drug-likeness (QED) is 0.679. The lowest BCUT2D eigenvalue weighted by Crippen LogP contribution is -2.01. The molecule has 0 saturated carbocycles.